The van der Waals surface area contributed by atoms with Gasteiger partial charge in [-0.1, -0.05) is 185 Å². The van der Waals surface area contributed by atoms with E-state index >= 15 is 0 Å². The van der Waals surface area contributed by atoms with Gasteiger partial charge in [0.2, 0.25) is 0 Å². The summed E-state index contributed by atoms with van der Waals surface area (Å²) in [5.74, 6) is 0.600. The van der Waals surface area contributed by atoms with E-state index in [0.29, 0.717) is 5.92 Å². The van der Waals surface area contributed by atoms with Gasteiger partial charge < -0.3 is 4.90 Å². The summed E-state index contributed by atoms with van der Waals surface area (Å²) < 4.78 is 0. The Balaban J connectivity index is 1.59. The van der Waals surface area contributed by atoms with Crippen LogP contribution in [0.2, 0.25) is 0 Å². The van der Waals surface area contributed by atoms with Crippen molar-refractivity contribution in [3.8, 4) is 22.3 Å². The number of benzene rings is 6. The van der Waals surface area contributed by atoms with Crippen LogP contribution in [0.15, 0.2) is 127 Å². The zero-order valence-electron chi connectivity index (χ0n) is 33.7. The number of fused-ring (bicyclic) bond motifs is 1. The Morgan fingerprint density at radius 1 is 0.453 bits per heavy atom. The van der Waals surface area contributed by atoms with E-state index < -0.39 is 0 Å². The summed E-state index contributed by atoms with van der Waals surface area (Å²) in [5, 5.41) is 2.75. The summed E-state index contributed by atoms with van der Waals surface area (Å²) >= 11 is 0. The van der Waals surface area contributed by atoms with Crippen molar-refractivity contribution in [3.05, 3.63) is 150 Å². The van der Waals surface area contributed by atoms with Crippen molar-refractivity contribution in [3.63, 3.8) is 0 Å². The number of nitrogens with zero attached hydrogens (tertiary/aromatic N) is 1. The summed E-state index contributed by atoms with van der Waals surface area (Å²) in [6.07, 6.45) is 6.54. The van der Waals surface area contributed by atoms with Crippen LogP contribution in [0.25, 0.3) is 33.0 Å². The lowest BCUT2D eigenvalue weighted by Gasteiger charge is -2.34. The molecule has 0 atom stereocenters. The maximum absolute atomic E-state index is 2.60. The molecule has 0 radical (unpaired) electrons. The van der Waals surface area contributed by atoms with E-state index in [1.165, 1.54) is 104 Å². The van der Waals surface area contributed by atoms with Crippen molar-refractivity contribution >= 4 is 27.8 Å². The molecule has 272 valence electrons. The molecule has 53 heavy (non-hydrogen) atoms. The van der Waals surface area contributed by atoms with E-state index in [2.05, 4.69) is 195 Å². The second kappa shape index (κ2) is 14.3. The quantitative estimate of drug-likeness (QED) is 0.167. The number of para-hydroxylation sites is 1. The van der Waals surface area contributed by atoms with Crippen LogP contribution in [0.4, 0.5) is 17.1 Å². The predicted molar refractivity (Wildman–Crippen MR) is 231 cm³/mol. The topological polar surface area (TPSA) is 3.24 Å². The van der Waals surface area contributed by atoms with Crippen molar-refractivity contribution in [1.29, 1.82) is 0 Å². The lowest BCUT2D eigenvalue weighted by atomic mass is 9.79. The fourth-order valence-corrected chi connectivity index (χ4v) is 8.30. The van der Waals surface area contributed by atoms with E-state index in [1.807, 2.05) is 0 Å². The Morgan fingerprint density at radius 3 is 1.68 bits per heavy atom. The van der Waals surface area contributed by atoms with E-state index in [-0.39, 0.29) is 16.2 Å². The monoisotopic (exact) mass is 697 g/mol. The normalized spacial score (nSPS) is 14.4. The van der Waals surface area contributed by atoms with Crippen molar-refractivity contribution in [2.45, 2.75) is 117 Å². The first-order valence-corrected chi connectivity index (χ1v) is 20.0. The maximum atomic E-state index is 2.60. The second-order valence-electron chi connectivity index (χ2n) is 18.6. The molecular weight excluding hydrogens is 639 g/mol. The molecule has 1 fully saturated rings. The van der Waals surface area contributed by atoms with Gasteiger partial charge in [0.1, 0.15) is 0 Å². The zero-order valence-corrected chi connectivity index (χ0v) is 33.7. The third-order valence-electron chi connectivity index (χ3n) is 11.5. The van der Waals surface area contributed by atoms with Gasteiger partial charge >= 0.3 is 0 Å². The zero-order chi connectivity index (χ0) is 37.5. The first-order valence-electron chi connectivity index (χ1n) is 20.0. The van der Waals surface area contributed by atoms with Crippen LogP contribution in [0.1, 0.15) is 123 Å². The molecule has 1 saturated carbocycles. The van der Waals surface area contributed by atoms with Crippen molar-refractivity contribution < 1.29 is 0 Å². The van der Waals surface area contributed by atoms with Crippen LogP contribution in [0.5, 0.6) is 0 Å². The van der Waals surface area contributed by atoms with Crippen LogP contribution >= 0.6 is 0 Å². The van der Waals surface area contributed by atoms with Crippen LogP contribution in [0, 0.1) is 0 Å². The highest BCUT2D eigenvalue weighted by Crippen LogP contribution is 2.49. The second-order valence-corrected chi connectivity index (χ2v) is 18.6. The van der Waals surface area contributed by atoms with Crippen LogP contribution in [-0.2, 0) is 16.2 Å². The predicted octanol–water partition coefficient (Wildman–Crippen LogP) is 15.6. The van der Waals surface area contributed by atoms with Gasteiger partial charge in [0.05, 0.1) is 11.4 Å². The van der Waals surface area contributed by atoms with E-state index in [4.69, 9.17) is 0 Å². The Hall–Kier alpha value is -4.62. The molecule has 0 aliphatic heterocycles. The lowest BCUT2D eigenvalue weighted by Crippen LogP contribution is -2.20. The third kappa shape index (κ3) is 7.59. The number of hydrogen-bond acceptors (Lipinski definition) is 1. The third-order valence-corrected chi connectivity index (χ3v) is 11.5. The number of anilines is 3. The molecular formula is C52H59N. The molecule has 1 heteroatoms. The van der Waals surface area contributed by atoms with E-state index in [0.717, 1.165) is 0 Å². The fraction of sp³-hybridized carbons (Fsp3) is 0.346. The van der Waals surface area contributed by atoms with Crippen LogP contribution < -0.4 is 4.90 Å². The molecule has 1 nitrogen and oxygen atoms in total. The minimum absolute atomic E-state index is 0.0243. The minimum atomic E-state index is -0.0265. The fourth-order valence-electron chi connectivity index (χ4n) is 8.30. The molecule has 6 aromatic rings. The lowest BCUT2D eigenvalue weighted by molar-refractivity contribution is 0.445. The molecule has 0 bridgehead atoms. The highest BCUT2D eigenvalue weighted by Gasteiger charge is 2.28. The minimum Gasteiger partial charge on any atom is -0.309 e. The largest absolute Gasteiger partial charge is 0.309 e. The Bertz CT molecular complexity index is 2170. The van der Waals surface area contributed by atoms with Gasteiger partial charge in [0.15, 0.2) is 0 Å². The summed E-state index contributed by atoms with van der Waals surface area (Å²) in [6, 6.07) is 48.6. The molecule has 0 heterocycles. The van der Waals surface area contributed by atoms with Crippen molar-refractivity contribution in [2.75, 3.05) is 4.90 Å². The molecule has 0 N–H and O–H groups in total. The molecule has 0 aromatic heterocycles. The molecule has 6 aromatic carbocycles. The van der Waals surface area contributed by atoms with Gasteiger partial charge in [-0.05, 0) is 103 Å². The molecule has 0 amide bonds. The Labute approximate surface area is 320 Å². The van der Waals surface area contributed by atoms with Crippen molar-refractivity contribution in [1.82, 2.24) is 0 Å². The Kier molecular flexibility index (Phi) is 9.92. The number of rotatable bonds is 6. The van der Waals surface area contributed by atoms with Crippen molar-refractivity contribution in [2.24, 2.45) is 0 Å². The molecule has 0 unspecified atom stereocenters. The first-order chi connectivity index (χ1) is 25.2. The summed E-state index contributed by atoms with van der Waals surface area (Å²) in [7, 11) is 0. The van der Waals surface area contributed by atoms with Gasteiger partial charge in [0, 0.05) is 16.8 Å². The highest BCUT2D eigenvalue weighted by atomic mass is 15.1. The summed E-state index contributed by atoms with van der Waals surface area (Å²) in [6.45, 7) is 21.0. The summed E-state index contributed by atoms with van der Waals surface area (Å²) in [4.78, 5) is 2.60. The van der Waals surface area contributed by atoms with Gasteiger partial charge in [-0.15, -0.1) is 0 Å². The van der Waals surface area contributed by atoms with Gasteiger partial charge in [-0.2, -0.15) is 0 Å². The first kappa shape index (κ1) is 36.7. The number of hydrogen-bond donors (Lipinski definition) is 0. The maximum Gasteiger partial charge on any atom is 0.0543 e. The molecule has 1 aliphatic carbocycles. The SMILES string of the molecule is CC(C)(C)c1cc(N(c2cc(C(C)(C)C)ccc2-c2ccccc2)c2ccccc2-c2cccc3cccc(C4CCCCC4)c23)cc(C(C)(C)C)c1. The standard InChI is InChI=1S/C52H59N/c1-50(2,3)39-30-31-43(36-20-12-10-13-21-36)48(35-39)53(42-33-40(51(4,5)6)32-41(34-42)52(7,8)9)47-29-17-16-26-45(47)46-28-19-25-38-24-18-27-44(49(38)46)37-22-14-11-15-23-37/h10,12-13,16-21,24-35,37H,11,14-15,22-23H2,1-9H3. The van der Waals surface area contributed by atoms with E-state index in [1.54, 1.807) is 0 Å². The van der Waals surface area contributed by atoms with Gasteiger partial charge in [-0.25, -0.2) is 0 Å². The van der Waals surface area contributed by atoms with Crippen LogP contribution in [0.3, 0.4) is 0 Å². The molecule has 0 saturated heterocycles. The smallest absolute Gasteiger partial charge is 0.0543 e. The summed E-state index contributed by atoms with van der Waals surface area (Å²) in [5.41, 5.74) is 14.1. The average Bonchev–Trinajstić information content (AvgIpc) is 3.14. The molecule has 0 spiro atoms. The molecule has 1 aliphatic rings. The van der Waals surface area contributed by atoms with Crippen LogP contribution in [-0.4, -0.2) is 0 Å². The van der Waals surface area contributed by atoms with Gasteiger partial charge in [-0.3, -0.25) is 0 Å². The van der Waals surface area contributed by atoms with Gasteiger partial charge in [0.25, 0.3) is 0 Å². The highest BCUT2D eigenvalue weighted by molar-refractivity contribution is 6.04. The van der Waals surface area contributed by atoms with E-state index in [9.17, 15) is 0 Å². The Morgan fingerprint density at radius 2 is 1.04 bits per heavy atom. The molecule has 7 rings (SSSR count). The average molecular weight is 698 g/mol.